The van der Waals surface area contributed by atoms with Crippen LogP contribution in [0.3, 0.4) is 0 Å². The van der Waals surface area contributed by atoms with Crippen LogP contribution >= 0.6 is 0 Å². The molecule has 1 aromatic heterocycles. The highest BCUT2D eigenvalue weighted by atomic mass is 16.5. The molecule has 2 rings (SSSR count). The maximum absolute atomic E-state index is 11.1. The van der Waals surface area contributed by atoms with Crippen LogP contribution < -0.4 is 4.90 Å². The highest BCUT2D eigenvalue weighted by molar-refractivity contribution is 5.93. The van der Waals surface area contributed by atoms with Crippen molar-refractivity contribution in [1.82, 2.24) is 9.97 Å². The van der Waals surface area contributed by atoms with Crippen molar-refractivity contribution in [2.45, 2.75) is 6.10 Å². The van der Waals surface area contributed by atoms with Gasteiger partial charge in [-0.15, -0.1) is 0 Å². The molecular weight excluding hydrogens is 274 g/mol. The standard InChI is InChI=1S/C14H17N3O4/c1-17(7-9(18)8-21-2)13-10-5-3-4-6-11(10)15-12(16-13)14(19)20/h3-6,9,18H,7-8H2,1-2H3,(H,19,20). The minimum atomic E-state index is -1.19. The van der Waals surface area contributed by atoms with E-state index in [2.05, 4.69) is 9.97 Å². The van der Waals surface area contributed by atoms with E-state index in [4.69, 9.17) is 9.84 Å². The number of aromatic carboxylic acids is 1. The molecule has 0 aliphatic carbocycles. The number of aromatic nitrogens is 2. The average Bonchev–Trinajstić information content (AvgIpc) is 2.46. The van der Waals surface area contributed by atoms with E-state index >= 15 is 0 Å². The molecule has 0 spiro atoms. The molecule has 2 aromatic rings. The first-order valence-electron chi connectivity index (χ1n) is 6.41. The summed E-state index contributed by atoms with van der Waals surface area (Å²) >= 11 is 0. The molecule has 0 fully saturated rings. The smallest absolute Gasteiger partial charge is 0.374 e. The predicted octanol–water partition coefficient (Wildman–Crippen LogP) is 0.771. The third-order valence-electron chi connectivity index (χ3n) is 2.98. The van der Waals surface area contributed by atoms with E-state index in [1.54, 1.807) is 24.1 Å². The highest BCUT2D eigenvalue weighted by Gasteiger charge is 2.17. The summed E-state index contributed by atoms with van der Waals surface area (Å²) in [7, 11) is 3.24. The Labute approximate surface area is 121 Å². The summed E-state index contributed by atoms with van der Waals surface area (Å²) in [5, 5.41) is 19.6. The van der Waals surface area contributed by atoms with E-state index in [1.165, 1.54) is 7.11 Å². The van der Waals surface area contributed by atoms with Gasteiger partial charge in [0.1, 0.15) is 5.82 Å². The van der Waals surface area contributed by atoms with Crippen LogP contribution in [0.2, 0.25) is 0 Å². The van der Waals surface area contributed by atoms with Gasteiger partial charge in [0.2, 0.25) is 5.82 Å². The SMILES string of the molecule is COCC(O)CN(C)c1nc(C(=O)O)nc2ccccc12. The number of hydrogen-bond acceptors (Lipinski definition) is 6. The zero-order chi connectivity index (χ0) is 15.4. The monoisotopic (exact) mass is 291 g/mol. The van der Waals surface area contributed by atoms with E-state index < -0.39 is 12.1 Å². The van der Waals surface area contributed by atoms with Gasteiger partial charge in [-0.05, 0) is 12.1 Å². The van der Waals surface area contributed by atoms with Crippen LogP contribution in [0.5, 0.6) is 0 Å². The van der Waals surface area contributed by atoms with Crippen LogP contribution in [0.4, 0.5) is 5.82 Å². The number of carboxylic acids is 1. The van der Waals surface area contributed by atoms with Gasteiger partial charge in [-0.25, -0.2) is 14.8 Å². The number of ether oxygens (including phenoxy) is 1. The Hall–Kier alpha value is -2.25. The molecule has 0 radical (unpaired) electrons. The number of para-hydroxylation sites is 1. The Balaban J connectivity index is 2.43. The maximum Gasteiger partial charge on any atom is 0.374 e. The molecular formula is C14H17N3O4. The van der Waals surface area contributed by atoms with Crippen molar-refractivity contribution < 1.29 is 19.7 Å². The molecule has 7 heteroatoms. The van der Waals surface area contributed by atoms with Crippen LogP contribution in [-0.2, 0) is 4.74 Å². The maximum atomic E-state index is 11.1. The molecule has 0 aliphatic rings. The van der Waals surface area contributed by atoms with E-state index in [-0.39, 0.29) is 19.0 Å². The minimum Gasteiger partial charge on any atom is -0.475 e. The van der Waals surface area contributed by atoms with Crippen LogP contribution in [0.1, 0.15) is 10.6 Å². The number of likely N-dealkylation sites (N-methyl/N-ethyl adjacent to an activating group) is 1. The lowest BCUT2D eigenvalue weighted by atomic mass is 10.2. The lowest BCUT2D eigenvalue weighted by molar-refractivity contribution is 0.0683. The number of hydrogen-bond donors (Lipinski definition) is 2. The molecule has 7 nitrogen and oxygen atoms in total. The molecule has 1 aromatic carbocycles. The highest BCUT2D eigenvalue weighted by Crippen LogP contribution is 2.23. The van der Waals surface area contributed by atoms with Gasteiger partial charge in [0.25, 0.3) is 0 Å². The summed E-state index contributed by atoms with van der Waals surface area (Å²) in [5.74, 6) is -0.988. The summed E-state index contributed by atoms with van der Waals surface area (Å²) in [6.45, 7) is 0.465. The fraction of sp³-hybridized carbons (Fsp3) is 0.357. The normalized spacial score (nSPS) is 12.3. The van der Waals surface area contributed by atoms with Gasteiger partial charge in [-0.2, -0.15) is 0 Å². The van der Waals surface area contributed by atoms with Gasteiger partial charge in [0.15, 0.2) is 0 Å². The summed E-state index contributed by atoms with van der Waals surface area (Å²) in [5.41, 5.74) is 0.549. The number of methoxy groups -OCH3 is 1. The molecule has 1 unspecified atom stereocenters. The van der Waals surface area contributed by atoms with Gasteiger partial charge in [0.05, 0.1) is 18.2 Å². The summed E-state index contributed by atoms with van der Waals surface area (Å²) in [6.07, 6.45) is -0.693. The molecule has 0 saturated heterocycles. The van der Waals surface area contributed by atoms with Crippen LogP contribution in [-0.4, -0.2) is 59.6 Å². The number of aliphatic hydroxyl groups is 1. The second kappa shape index (κ2) is 6.47. The minimum absolute atomic E-state index is 0.194. The summed E-state index contributed by atoms with van der Waals surface area (Å²) < 4.78 is 4.89. The summed E-state index contributed by atoms with van der Waals surface area (Å²) in [4.78, 5) is 20.9. The first-order chi connectivity index (χ1) is 10.0. The van der Waals surface area contributed by atoms with Crippen molar-refractivity contribution in [1.29, 1.82) is 0 Å². The van der Waals surface area contributed by atoms with Crippen LogP contribution in [0.15, 0.2) is 24.3 Å². The van der Waals surface area contributed by atoms with Crippen molar-refractivity contribution in [2.75, 3.05) is 32.2 Å². The fourth-order valence-corrected chi connectivity index (χ4v) is 2.09. The van der Waals surface area contributed by atoms with E-state index in [1.807, 2.05) is 12.1 Å². The number of anilines is 1. The molecule has 0 amide bonds. The Bertz CT molecular complexity index is 647. The third kappa shape index (κ3) is 3.45. The number of rotatable bonds is 6. The van der Waals surface area contributed by atoms with E-state index in [9.17, 15) is 9.90 Å². The topological polar surface area (TPSA) is 95.8 Å². The Kier molecular flexibility index (Phi) is 4.66. The molecule has 2 N–H and O–H groups in total. The zero-order valence-corrected chi connectivity index (χ0v) is 11.9. The number of nitrogens with zero attached hydrogens (tertiary/aromatic N) is 3. The third-order valence-corrected chi connectivity index (χ3v) is 2.98. The van der Waals surface area contributed by atoms with Crippen molar-refractivity contribution in [3.63, 3.8) is 0 Å². The predicted molar refractivity (Wildman–Crippen MR) is 77.7 cm³/mol. The Morgan fingerprint density at radius 3 is 2.76 bits per heavy atom. The molecule has 0 saturated carbocycles. The molecule has 1 atom stereocenters. The van der Waals surface area contributed by atoms with Gasteiger partial charge < -0.3 is 19.8 Å². The van der Waals surface area contributed by atoms with Crippen molar-refractivity contribution in [3.8, 4) is 0 Å². The molecule has 0 bridgehead atoms. The Morgan fingerprint density at radius 2 is 2.10 bits per heavy atom. The number of fused-ring (bicyclic) bond motifs is 1. The van der Waals surface area contributed by atoms with Crippen molar-refractivity contribution >= 4 is 22.7 Å². The first kappa shape index (κ1) is 15.1. The van der Waals surface area contributed by atoms with Crippen molar-refractivity contribution in [2.24, 2.45) is 0 Å². The number of aliphatic hydroxyl groups excluding tert-OH is 1. The molecule has 0 aliphatic heterocycles. The average molecular weight is 291 g/mol. The van der Waals surface area contributed by atoms with Gasteiger partial charge in [-0.3, -0.25) is 0 Å². The largest absolute Gasteiger partial charge is 0.475 e. The fourth-order valence-electron chi connectivity index (χ4n) is 2.09. The van der Waals surface area contributed by atoms with Crippen LogP contribution in [0, 0.1) is 0 Å². The van der Waals surface area contributed by atoms with E-state index in [0.717, 1.165) is 5.39 Å². The quantitative estimate of drug-likeness (QED) is 0.811. The molecule has 1 heterocycles. The number of carbonyl (C=O) groups is 1. The Morgan fingerprint density at radius 1 is 1.38 bits per heavy atom. The molecule has 112 valence electrons. The van der Waals surface area contributed by atoms with E-state index in [0.29, 0.717) is 11.3 Å². The number of carboxylic acid groups (broad SMARTS) is 1. The summed E-state index contributed by atoms with van der Waals surface area (Å²) in [6, 6.07) is 7.15. The lowest BCUT2D eigenvalue weighted by Gasteiger charge is -2.22. The lowest BCUT2D eigenvalue weighted by Crippen LogP contribution is -2.32. The van der Waals surface area contributed by atoms with Crippen LogP contribution in [0.25, 0.3) is 10.9 Å². The molecule has 21 heavy (non-hydrogen) atoms. The van der Waals surface area contributed by atoms with Crippen molar-refractivity contribution in [3.05, 3.63) is 30.1 Å². The second-order valence-corrected chi connectivity index (χ2v) is 4.68. The van der Waals surface area contributed by atoms with Gasteiger partial charge in [-0.1, -0.05) is 12.1 Å². The second-order valence-electron chi connectivity index (χ2n) is 4.68. The first-order valence-corrected chi connectivity index (χ1v) is 6.41. The van der Waals surface area contributed by atoms with Gasteiger partial charge >= 0.3 is 5.97 Å². The zero-order valence-electron chi connectivity index (χ0n) is 11.9. The van der Waals surface area contributed by atoms with Gasteiger partial charge in [0, 0.05) is 26.1 Å². The number of benzene rings is 1.